The van der Waals surface area contributed by atoms with Gasteiger partial charge in [0.25, 0.3) is 5.91 Å². The summed E-state index contributed by atoms with van der Waals surface area (Å²) >= 11 is 1.21. The van der Waals surface area contributed by atoms with Crippen LogP contribution >= 0.6 is 11.3 Å². The first-order valence-electron chi connectivity index (χ1n) is 7.82. The first kappa shape index (κ1) is 20.7. The van der Waals surface area contributed by atoms with Crippen molar-refractivity contribution < 1.29 is 32.3 Å². The Morgan fingerprint density at radius 1 is 1.26 bits per heavy atom. The Morgan fingerprint density at radius 2 is 1.96 bits per heavy atom. The van der Waals surface area contributed by atoms with Gasteiger partial charge in [-0.25, -0.2) is 0 Å². The van der Waals surface area contributed by atoms with Gasteiger partial charge in [0.1, 0.15) is 13.1 Å². The van der Waals surface area contributed by atoms with Crippen LogP contribution in [-0.2, 0) is 16.1 Å². The molecule has 0 aliphatic rings. The number of carbonyl (C=O) groups is 3. The molecule has 1 N–H and O–H groups in total. The highest BCUT2D eigenvalue weighted by molar-refractivity contribution is 7.12. The molecule has 0 saturated heterocycles. The van der Waals surface area contributed by atoms with Gasteiger partial charge in [0.15, 0.2) is 6.61 Å². The average molecular weight is 402 g/mol. The van der Waals surface area contributed by atoms with E-state index < -0.39 is 43.5 Å². The van der Waals surface area contributed by atoms with Crippen LogP contribution in [0.3, 0.4) is 0 Å². The largest absolute Gasteiger partial charge is 0.456 e. The maximum Gasteiger partial charge on any atom is 0.406 e. The van der Waals surface area contributed by atoms with Crippen LogP contribution in [0.5, 0.6) is 0 Å². The molecule has 0 fully saturated rings. The minimum absolute atomic E-state index is 0.0622. The molecule has 0 aliphatic heterocycles. The van der Waals surface area contributed by atoms with Gasteiger partial charge in [-0.3, -0.25) is 14.4 Å². The molecule has 2 heterocycles. The molecule has 27 heavy (non-hydrogen) atoms. The molecule has 0 radical (unpaired) electrons. The number of nitrogens with zero attached hydrogens (tertiary/aromatic N) is 1. The lowest BCUT2D eigenvalue weighted by molar-refractivity contribution is -0.141. The molecule has 10 heteroatoms. The topological polar surface area (TPSA) is 77.4 Å². The molecule has 2 aromatic heterocycles. The van der Waals surface area contributed by atoms with E-state index in [0.29, 0.717) is 4.88 Å². The van der Waals surface area contributed by atoms with Crippen LogP contribution in [0.1, 0.15) is 31.4 Å². The van der Waals surface area contributed by atoms with Crippen LogP contribution in [0, 0.1) is 13.8 Å². The van der Waals surface area contributed by atoms with Crippen molar-refractivity contribution in [2.75, 3.05) is 13.2 Å². The second-order valence-electron chi connectivity index (χ2n) is 5.73. The quantitative estimate of drug-likeness (QED) is 0.571. The number of esters is 1. The van der Waals surface area contributed by atoms with Gasteiger partial charge < -0.3 is 14.6 Å². The van der Waals surface area contributed by atoms with Crippen LogP contribution in [0.25, 0.3) is 0 Å². The van der Waals surface area contributed by atoms with Crippen molar-refractivity contribution >= 4 is 29.0 Å². The predicted molar refractivity (Wildman–Crippen MR) is 91.9 cm³/mol. The van der Waals surface area contributed by atoms with Crippen LogP contribution < -0.4 is 5.32 Å². The molecule has 2 rings (SSSR count). The van der Waals surface area contributed by atoms with Gasteiger partial charge in [-0.05, 0) is 31.4 Å². The van der Waals surface area contributed by atoms with Gasteiger partial charge in [0.05, 0.1) is 4.88 Å². The van der Waals surface area contributed by atoms with Crippen LogP contribution in [0.15, 0.2) is 23.6 Å². The fourth-order valence-electron chi connectivity index (χ4n) is 2.43. The third kappa shape index (κ3) is 5.68. The lowest BCUT2D eigenvalue weighted by atomic mass is 10.1. The van der Waals surface area contributed by atoms with E-state index in [1.807, 2.05) is 0 Å². The van der Waals surface area contributed by atoms with E-state index in [2.05, 4.69) is 5.32 Å². The number of halogens is 3. The number of thiophene rings is 1. The van der Waals surface area contributed by atoms with E-state index in [-0.39, 0.29) is 17.0 Å². The second kappa shape index (κ2) is 8.38. The number of Topliss-reactive ketones (excluding diaryl/α,β-unsaturated/α-hetero) is 1. The molecule has 0 spiro atoms. The molecule has 0 aliphatic carbocycles. The van der Waals surface area contributed by atoms with E-state index in [1.165, 1.54) is 31.3 Å². The SMILES string of the molecule is Cc1cc(C(=O)COC(=O)CNC(=O)c2cccs2)c(C)n1CC(F)(F)F. The Morgan fingerprint density at radius 3 is 2.56 bits per heavy atom. The van der Waals surface area contributed by atoms with Gasteiger partial charge in [-0.15, -0.1) is 11.3 Å². The first-order valence-corrected chi connectivity index (χ1v) is 8.70. The molecule has 1 amide bonds. The highest BCUT2D eigenvalue weighted by atomic mass is 32.1. The van der Waals surface area contributed by atoms with Gasteiger partial charge in [-0.1, -0.05) is 6.07 Å². The molecule has 0 atom stereocenters. The molecular formula is C17H17F3N2O4S. The van der Waals surface area contributed by atoms with E-state index in [4.69, 9.17) is 4.74 Å². The number of rotatable bonds is 7. The molecule has 146 valence electrons. The van der Waals surface area contributed by atoms with Crippen LogP contribution in [0.2, 0.25) is 0 Å². The van der Waals surface area contributed by atoms with Gasteiger partial charge in [0, 0.05) is 17.0 Å². The second-order valence-corrected chi connectivity index (χ2v) is 6.68. The van der Waals surface area contributed by atoms with Gasteiger partial charge in [-0.2, -0.15) is 13.2 Å². The maximum absolute atomic E-state index is 12.6. The number of alkyl halides is 3. The molecule has 0 aromatic carbocycles. The van der Waals surface area contributed by atoms with Crippen LogP contribution in [-0.4, -0.2) is 41.6 Å². The van der Waals surface area contributed by atoms with Crippen molar-refractivity contribution in [2.45, 2.75) is 26.6 Å². The summed E-state index contributed by atoms with van der Waals surface area (Å²) in [7, 11) is 0. The fourth-order valence-corrected chi connectivity index (χ4v) is 3.07. The van der Waals surface area contributed by atoms with Crippen molar-refractivity contribution in [2.24, 2.45) is 0 Å². The summed E-state index contributed by atoms with van der Waals surface area (Å²) in [5.74, 6) is -1.88. The van der Waals surface area contributed by atoms with E-state index >= 15 is 0 Å². The maximum atomic E-state index is 12.6. The summed E-state index contributed by atoms with van der Waals surface area (Å²) in [5, 5.41) is 4.06. The number of hydrogen-bond donors (Lipinski definition) is 1. The number of amides is 1. The summed E-state index contributed by atoms with van der Waals surface area (Å²) in [4.78, 5) is 36.0. The number of carbonyl (C=O) groups excluding carboxylic acids is 3. The zero-order chi connectivity index (χ0) is 20.2. The third-order valence-electron chi connectivity index (χ3n) is 3.71. The minimum Gasteiger partial charge on any atom is -0.456 e. The molecule has 0 unspecified atom stereocenters. The number of hydrogen-bond acceptors (Lipinski definition) is 5. The van der Waals surface area contributed by atoms with Gasteiger partial charge in [0.2, 0.25) is 5.78 Å². The Labute approximate surface area is 156 Å². The monoisotopic (exact) mass is 402 g/mol. The van der Waals surface area contributed by atoms with E-state index in [0.717, 1.165) is 4.57 Å². The highest BCUT2D eigenvalue weighted by Gasteiger charge is 2.30. The average Bonchev–Trinajstić information content (AvgIpc) is 3.21. The van der Waals surface area contributed by atoms with Crippen molar-refractivity contribution in [3.05, 3.63) is 45.4 Å². The van der Waals surface area contributed by atoms with Crippen molar-refractivity contribution in [1.29, 1.82) is 0 Å². The van der Waals surface area contributed by atoms with Crippen molar-refractivity contribution in [3.8, 4) is 0 Å². The van der Waals surface area contributed by atoms with E-state index in [9.17, 15) is 27.6 Å². The summed E-state index contributed by atoms with van der Waals surface area (Å²) in [5.41, 5.74) is 0.492. The molecule has 2 aromatic rings. The Hall–Kier alpha value is -2.62. The summed E-state index contributed by atoms with van der Waals surface area (Å²) in [6, 6.07) is 4.60. The Bertz CT molecular complexity index is 841. The highest BCUT2D eigenvalue weighted by Crippen LogP contribution is 2.23. The Kier molecular flexibility index (Phi) is 6.42. The van der Waals surface area contributed by atoms with Gasteiger partial charge >= 0.3 is 12.1 Å². The molecule has 6 nitrogen and oxygen atoms in total. The van der Waals surface area contributed by atoms with Crippen molar-refractivity contribution in [3.63, 3.8) is 0 Å². The molecular weight excluding hydrogens is 385 g/mol. The van der Waals surface area contributed by atoms with E-state index in [1.54, 1.807) is 17.5 Å². The normalized spacial score (nSPS) is 11.3. The number of nitrogens with one attached hydrogen (secondary N) is 1. The first-order chi connectivity index (χ1) is 12.6. The number of aryl methyl sites for hydroxylation is 1. The number of ketones is 1. The smallest absolute Gasteiger partial charge is 0.406 e. The van der Waals surface area contributed by atoms with Crippen molar-refractivity contribution in [1.82, 2.24) is 9.88 Å². The number of aromatic nitrogens is 1. The summed E-state index contributed by atoms with van der Waals surface area (Å²) < 4.78 is 43.6. The lowest BCUT2D eigenvalue weighted by Crippen LogP contribution is -2.31. The Balaban J connectivity index is 1.89. The minimum atomic E-state index is -4.41. The lowest BCUT2D eigenvalue weighted by Gasteiger charge is -2.12. The predicted octanol–water partition coefficient (Wildman–Crippen LogP) is 2.88. The summed E-state index contributed by atoms with van der Waals surface area (Å²) in [6.07, 6.45) is -4.41. The standard InChI is InChI=1S/C17H17F3N2O4S/c1-10-6-12(11(2)22(10)9-17(18,19)20)13(23)8-26-15(24)7-21-16(25)14-4-3-5-27-14/h3-6H,7-9H2,1-2H3,(H,21,25). The molecule has 0 bridgehead atoms. The fraction of sp³-hybridized carbons (Fsp3) is 0.353. The molecule has 0 saturated carbocycles. The third-order valence-corrected chi connectivity index (χ3v) is 4.58. The zero-order valence-corrected chi connectivity index (χ0v) is 15.4. The van der Waals surface area contributed by atoms with Crippen LogP contribution in [0.4, 0.5) is 13.2 Å². The zero-order valence-electron chi connectivity index (χ0n) is 14.6. The summed E-state index contributed by atoms with van der Waals surface area (Å²) in [6.45, 7) is 0.615. The number of ether oxygens (including phenoxy) is 1.